The number of hydrogen-bond donors (Lipinski definition) is 2. The van der Waals surface area contributed by atoms with E-state index in [4.69, 9.17) is 0 Å². The van der Waals surface area contributed by atoms with Gasteiger partial charge in [0.05, 0.1) is 18.7 Å². The SMILES string of the molecule is O=C(CNC(=O)c1ccc(C(F)(F)F)cc1)NCc1nccs1. The van der Waals surface area contributed by atoms with Crippen LogP contribution in [0.3, 0.4) is 0 Å². The van der Waals surface area contributed by atoms with E-state index in [0.717, 1.165) is 29.3 Å². The van der Waals surface area contributed by atoms with E-state index < -0.39 is 23.6 Å². The summed E-state index contributed by atoms with van der Waals surface area (Å²) in [5.74, 6) is -1.04. The van der Waals surface area contributed by atoms with Gasteiger partial charge in [-0.05, 0) is 24.3 Å². The summed E-state index contributed by atoms with van der Waals surface area (Å²) in [6, 6.07) is 3.76. The average Bonchev–Trinajstić information content (AvgIpc) is 3.03. The maximum atomic E-state index is 12.4. The molecule has 0 bridgehead atoms. The molecule has 1 heterocycles. The molecular formula is C14H12F3N3O2S. The number of aromatic nitrogens is 1. The molecule has 5 nitrogen and oxygen atoms in total. The number of carbonyl (C=O) groups is 2. The number of thiazole rings is 1. The molecule has 0 unspecified atom stereocenters. The lowest BCUT2D eigenvalue weighted by Gasteiger charge is -2.08. The fourth-order valence-corrected chi connectivity index (χ4v) is 2.21. The largest absolute Gasteiger partial charge is 0.416 e. The fourth-order valence-electron chi connectivity index (χ4n) is 1.65. The van der Waals surface area contributed by atoms with Crippen molar-refractivity contribution in [2.75, 3.05) is 6.54 Å². The smallest absolute Gasteiger partial charge is 0.348 e. The molecular weight excluding hydrogens is 331 g/mol. The van der Waals surface area contributed by atoms with Crippen LogP contribution in [0.4, 0.5) is 13.2 Å². The minimum Gasteiger partial charge on any atom is -0.348 e. The van der Waals surface area contributed by atoms with Crippen LogP contribution in [0.25, 0.3) is 0 Å². The lowest BCUT2D eigenvalue weighted by molar-refractivity contribution is -0.137. The van der Waals surface area contributed by atoms with Gasteiger partial charge in [-0.1, -0.05) is 0 Å². The molecule has 0 spiro atoms. The molecule has 2 amide bonds. The predicted octanol–water partition coefficient (Wildman–Crippen LogP) is 2.21. The van der Waals surface area contributed by atoms with Gasteiger partial charge in [-0.25, -0.2) is 4.98 Å². The van der Waals surface area contributed by atoms with Crippen molar-refractivity contribution in [3.63, 3.8) is 0 Å². The van der Waals surface area contributed by atoms with Gasteiger partial charge >= 0.3 is 6.18 Å². The standard InChI is InChI=1S/C14H12F3N3O2S/c15-14(16,17)10-3-1-9(2-4-10)13(22)20-7-11(21)19-8-12-18-5-6-23-12/h1-6H,7-8H2,(H,19,21)(H,20,22). The second kappa shape index (κ2) is 7.23. The van der Waals surface area contributed by atoms with Gasteiger partial charge in [-0.3, -0.25) is 9.59 Å². The zero-order valence-electron chi connectivity index (χ0n) is 11.7. The van der Waals surface area contributed by atoms with Crippen LogP contribution in [0.2, 0.25) is 0 Å². The first-order chi connectivity index (χ1) is 10.9. The number of carbonyl (C=O) groups excluding carboxylic acids is 2. The number of nitrogens with zero attached hydrogens (tertiary/aromatic N) is 1. The summed E-state index contributed by atoms with van der Waals surface area (Å²) < 4.78 is 37.3. The summed E-state index contributed by atoms with van der Waals surface area (Å²) in [6.45, 7) is -0.0160. The van der Waals surface area contributed by atoms with Crippen molar-refractivity contribution in [3.05, 3.63) is 52.0 Å². The van der Waals surface area contributed by atoms with E-state index in [-0.39, 0.29) is 18.7 Å². The monoisotopic (exact) mass is 343 g/mol. The van der Waals surface area contributed by atoms with Crippen LogP contribution in [0, 0.1) is 0 Å². The molecule has 0 aliphatic heterocycles. The van der Waals surface area contributed by atoms with E-state index in [0.29, 0.717) is 0 Å². The highest BCUT2D eigenvalue weighted by Gasteiger charge is 2.30. The number of rotatable bonds is 5. The van der Waals surface area contributed by atoms with Crippen LogP contribution < -0.4 is 10.6 Å². The number of amides is 2. The van der Waals surface area contributed by atoms with Gasteiger partial charge in [-0.15, -0.1) is 11.3 Å². The molecule has 1 aromatic heterocycles. The second-order valence-electron chi connectivity index (χ2n) is 4.46. The Kier molecular flexibility index (Phi) is 5.32. The molecule has 23 heavy (non-hydrogen) atoms. The Morgan fingerprint density at radius 2 is 1.83 bits per heavy atom. The Hall–Kier alpha value is -2.42. The third kappa shape index (κ3) is 5.06. The molecule has 122 valence electrons. The van der Waals surface area contributed by atoms with Crippen LogP contribution >= 0.6 is 11.3 Å². The third-order valence-corrected chi connectivity index (χ3v) is 3.58. The van der Waals surface area contributed by atoms with Crippen LogP contribution in [-0.4, -0.2) is 23.3 Å². The van der Waals surface area contributed by atoms with Gasteiger partial charge in [0.15, 0.2) is 0 Å². The van der Waals surface area contributed by atoms with E-state index in [1.807, 2.05) is 0 Å². The fraction of sp³-hybridized carbons (Fsp3) is 0.214. The minimum atomic E-state index is -4.45. The van der Waals surface area contributed by atoms with Crippen molar-refractivity contribution in [2.24, 2.45) is 0 Å². The summed E-state index contributed by atoms with van der Waals surface area (Å²) in [5, 5.41) is 7.40. The van der Waals surface area contributed by atoms with Crippen molar-refractivity contribution >= 4 is 23.2 Å². The maximum absolute atomic E-state index is 12.4. The summed E-state index contributed by atoms with van der Waals surface area (Å²) in [4.78, 5) is 27.3. The maximum Gasteiger partial charge on any atom is 0.416 e. The lowest BCUT2D eigenvalue weighted by atomic mass is 10.1. The predicted molar refractivity (Wildman–Crippen MR) is 77.7 cm³/mol. The van der Waals surface area contributed by atoms with Crippen molar-refractivity contribution in [2.45, 2.75) is 12.7 Å². The van der Waals surface area contributed by atoms with Gasteiger partial charge < -0.3 is 10.6 Å². The van der Waals surface area contributed by atoms with Gasteiger partial charge in [0.25, 0.3) is 5.91 Å². The van der Waals surface area contributed by atoms with E-state index in [1.54, 1.807) is 11.6 Å². The quantitative estimate of drug-likeness (QED) is 0.874. The molecule has 0 fully saturated rings. The molecule has 1 aromatic carbocycles. The van der Waals surface area contributed by atoms with Crippen molar-refractivity contribution in [3.8, 4) is 0 Å². The second-order valence-corrected chi connectivity index (χ2v) is 5.44. The Balaban J connectivity index is 1.81. The third-order valence-electron chi connectivity index (χ3n) is 2.80. The summed E-state index contributed by atoms with van der Waals surface area (Å²) >= 11 is 1.38. The minimum absolute atomic E-state index is 0.0470. The number of hydrogen-bond acceptors (Lipinski definition) is 4. The highest BCUT2D eigenvalue weighted by atomic mass is 32.1. The zero-order valence-corrected chi connectivity index (χ0v) is 12.5. The number of benzene rings is 1. The van der Waals surface area contributed by atoms with Crippen molar-refractivity contribution in [1.82, 2.24) is 15.6 Å². The normalized spacial score (nSPS) is 11.1. The van der Waals surface area contributed by atoms with Gasteiger partial charge in [0.1, 0.15) is 5.01 Å². The van der Waals surface area contributed by atoms with Crippen LogP contribution in [-0.2, 0) is 17.5 Å². The first-order valence-electron chi connectivity index (χ1n) is 6.47. The highest BCUT2D eigenvalue weighted by molar-refractivity contribution is 7.09. The molecule has 0 aliphatic rings. The molecule has 0 saturated carbocycles. The molecule has 0 atom stereocenters. The zero-order chi connectivity index (χ0) is 16.9. The molecule has 0 radical (unpaired) electrons. The topological polar surface area (TPSA) is 71.1 Å². The van der Waals surface area contributed by atoms with Gasteiger partial charge in [0.2, 0.25) is 5.91 Å². The molecule has 9 heteroatoms. The van der Waals surface area contributed by atoms with Crippen molar-refractivity contribution in [1.29, 1.82) is 0 Å². The van der Waals surface area contributed by atoms with Crippen LogP contribution in [0.15, 0.2) is 35.8 Å². The van der Waals surface area contributed by atoms with Gasteiger partial charge in [-0.2, -0.15) is 13.2 Å². The van der Waals surface area contributed by atoms with Gasteiger partial charge in [0, 0.05) is 17.1 Å². The number of nitrogens with one attached hydrogen (secondary N) is 2. The van der Waals surface area contributed by atoms with E-state index in [9.17, 15) is 22.8 Å². The first-order valence-corrected chi connectivity index (χ1v) is 7.35. The summed E-state index contributed by atoms with van der Waals surface area (Å²) in [5.41, 5.74) is -0.791. The number of alkyl halides is 3. The van der Waals surface area contributed by atoms with Crippen LogP contribution in [0.5, 0.6) is 0 Å². The Labute approximate surface area is 133 Å². The Bertz CT molecular complexity index is 670. The molecule has 0 saturated heterocycles. The number of halogens is 3. The summed E-state index contributed by atoms with van der Waals surface area (Å²) in [6.07, 6.45) is -2.84. The highest BCUT2D eigenvalue weighted by Crippen LogP contribution is 2.28. The van der Waals surface area contributed by atoms with Crippen LogP contribution in [0.1, 0.15) is 20.9 Å². The lowest BCUT2D eigenvalue weighted by Crippen LogP contribution is -2.36. The molecule has 0 aliphatic carbocycles. The Morgan fingerprint density at radius 3 is 2.39 bits per heavy atom. The molecule has 2 N–H and O–H groups in total. The Morgan fingerprint density at radius 1 is 1.13 bits per heavy atom. The van der Waals surface area contributed by atoms with E-state index >= 15 is 0 Å². The van der Waals surface area contributed by atoms with E-state index in [2.05, 4.69) is 15.6 Å². The summed E-state index contributed by atoms with van der Waals surface area (Å²) in [7, 11) is 0. The average molecular weight is 343 g/mol. The molecule has 2 aromatic rings. The first kappa shape index (κ1) is 16.9. The molecule has 2 rings (SSSR count). The van der Waals surface area contributed by atoms with Crippen molar-refractivity contribution < 1.29 is 22.8 Å². The van der Waals surface area contributed by atoms with E-state index in [1.165, 1.54) is 11.3 Å².